The molecule has 0 fully saturated rings. The molecule has 1 rings (SSSR count). The van der Waals surface area contributed by atoms with E-state index >= 15 is 0 Å². The summed E-state index contributed by atoms with van der Waals surface area (Å²) in [5, 5.41) is -1.43. The van der Waals surface area contributed by atoms with Gasteiger partial charge in [-0.05, 0) is 23.2 Å². The molecular formula is C10H11Cl2N3O5. The number of rotatable bonds is 6. The third-order valence-electron chi connectivity index (χ3n) is 2.56. The monoisotopic (exact) mass is 323 g/mol. The molecule has 0 saturated carbocycles. The van der Waals surface area contributed by atoms with Gasteiger partial charge in [-0.25, -0.2) is 28.1 Å². The first kappa shape index (κ1) is 16.4. The van der Waals surface area contributed by atoms with Crippen molar-refractivity contribution in [3.8, 4) is 0 Å². The van der Waals surface area contributed by atoms with E-state index in [0.29, 0.717) is 13.7 Å². The quantitative estimate of drug-likeness (QED) is 0.626. The zero-order valence-electron chi connectivity index (χ0n) is 10.5. The summed E-state index contributed by atoms with van der Waals surface area (Å²) in [6.45, 7) is -0.494. The van der Waals surface area contributed by atoms with Gasteiger partial charge in [0.25, 0.3) is 0 Å². The van der Waals surface area contributed by atoms with Crippen LogP contribution in [0.5, 0.6) is 0 Å². The van der Waals surface area contributed by atoms with E-state index in [4.69, 9.17) is 23.2 Å². The normalized spacial score (nSPS) is 10.6. The van der Waals surface area contributed by atoms with Crippen molar-refractivity contribution >= 4 is 33.7 Å². The molecule has 0 aliphatic rings. The van der Waals surface area contributed by atoms with Gasteiger partial charge in [0, 0.05) is 33.0 Å². The second-order valence-corrected chi connectivity index (χ2v) is 4.76. The Morgan fingerprint density at radius 3 is 1.50 bits per heavy atom. The van der Waals surface area contributed by atoms with Gasteiger partial charge >= 0.3 is 17.1 Å². The molecule has 0 saturated heterocycles. The van der Waals surface area contributed by atoms with Crippen LogP contribution >= 0.6 is 23.2 Å². The maximum absolute atomic E-state index is 12.0. The zero-order valence-corrected chi connectivity index (χ0v) is 12.0. The Kier molecular flexibility index (Phi) is 5.46. The molecule has 0 atom stereocenters. The summed E-state index contributed by atoms with van der Waals surface area (Å²) in [6.07, 6.45) is -0.466. The lowest BCUT2D eigenvalue weighted by Crippen LogP contribution is -2.53. The largest absolute Gasteiger partial charge is 0.336 e. The Hall–Kier alpha value is -1.67. The van der Waals surface area contributed by atoms with Crippen LogP contribution in [0, 0.1) is 0 Å². The average Bonchev–Trinajstić information content (AvgIpc) is 2.35. The zero-order chi connectivity index (χ0) is 15.4. The molecule has 0 aromatic carbocycles. The second kappa shape index (κ2) is 6.67. The summed E-state index contributed by atoms with van der Waals surface area (Å²) in [6, 6.07) is 0. The molecule has 0 aliphatic heterocycles. The van der Waals surface area contributed by atoms with E-state index in [9.17, 15) is 24.0 Å². The fourth-order valence-corrected chi connectivity index (χ4v) is 1.70. The molecule has 20 heavy (non-hydrogen) atoms. The molecule has 0 bridgehead atoms. The molecule has 10 heteroatoms. The van der Waals surface area contributed by atoms with Crippen molar-refractivity contribution in [2.75, 3.05) is 0 Å². The van der Waals surface area contributed by atoms with Crippen molar-refractivity contribution in [2.45, 2.75) is 25.9 Å². The molecule has 0 aliphatic carbocycles. The molecule has 110 valence electrons. The lowest BCUT2D eigenvalue weighted by Gasteiger charge is -2.10. The highest BCUT2D eigenvalue weighted by atomic mass is 35.5. The Morgan fingerprint density at radius 1 is 0.850 bits per heavy atom. The van der Waals surface area contributed by atoms with Gasteiger partial charge in [0.1, 0.15) is 0 Å². The van der Waals surface area contributed by atoms with Crippen molar-refractivity contribution in [1.82, 2.24) is 13.7 Å². The van der Waals surface area contributed by atoms with Crippen LogP contribution in [0.1, 0.15) is 12.8 Å². The molecule has 1 aromatic heterocycles. The second-order valence-electron chi connectivity index (χ2n) is 3.92. The topological polar surface area (TPSA) is 100 Å². The Labute approximate surface area is 122 Å². The summed E-state index contributed by atoms with van der Waals surface area (Å²) in [7, 11) is 1.18. The van der Waals surface area contributed by atoms with Crippen molar-refractivity contribution in [1.29, 1.82) is 0 Å². The van der Waals surface area contributed by atoms with Crippen LogP contribution in [0.3, 0.4) is 0 Å². The minimum atomic E-state index is -0.908. The van der Waals surface area contributed by atoms with Gasteiger partial charge < -0.3 is 0 Å². The number of halogens is 2. The molecular weight excluding hydrogens is 313 g/mol. The summed E-state index contributed by atoms with van der Waals surface area (Å²) >= 11 is 10.3. The van der Waals surface area contributed by atoms with Crippen LogP contribution in [0.2, 0.25) is 0 Å². The molecule has 0 radical (unpaired) electrons. The highest BCUT2D eigenvalue weighted by Crippen LogP contribution is 1.91. The maximum Gasteiger partial charge on any atom is 0.336 e. The summed E-state index contributed by atoms with van der Waals surface area (Å²) < 4.78 is 2.12. The van der Waals surface area contributed by atoms with Crippen LogP contribution < -0.4 is 17.1 Å². The number of nitrogens with zero attached hydrogens (tertiary/aromatic N) is 3. The van der Waals surface area contributed by atoms with Gasteiger partial charge in [0.05, 0.1) is 0 Å². The van der Waals surface area contributed by atoms with Crippen molar-refractivity contribution < 1.29 is 9.59 Å². The van der Waals surface area contributed by atoms with Gasteiger partial charge in [-0.1, -0.05) is 0 Å². The first-order valence-electron chi connectivity index (χ1n) is 5.53. The molecule has 0 spiro atoms. The summed E-state index contributed by atoms with van der Waals surface area (Å²) in [5.74, 6) is 0. The first-order chi connectivity index (χ1) is 9.25. The minimum absolute atomic E-state index is 0.233. The Balaban J connectivity index is 3.35. The SMILES string of the molecule is Cn1c(=O)n(CCC(=O)Cl)c(=O)n(CCC(=O)Cl)c1=O. The van der Waals surface area contributed by atoms with Crippen LogP contribution in [0.4, 0.5) is 0 Å². The minimum Gasteiger partial charge on any atom is -0.281 e. The number of carbonyl (C=O) groups excluding carboxylic acids is 2. The van der Waals surface area contributed by atoms with Crippen molar-refractivity contribution in [3.05, 3.63) is 31.5 Å². The highest BCUT2D eigenvalue weighted by molar-refractivity contribution is 6.63. The van der Waals surface area contributed by atoms with E-state index in [2.05, 4.69) is 0 Å². The van der Waals surface area contributed by atoms with Gasteiger partial charge in [-0.3, -0.25) is 9.59 Å². The van der Waals surface area contributed by atoms with Gasteiger partial charge in [0.2, 0.25) is 10.5 Å². The smallest absolute Gasteiger partial charge is 0.281 e. The Morgan fingerprint density at radius 2 is 1.20 bits per heavy atom. The molecule has 1 aromatic rings. The van der Waals surface area contributed by atoms with E-state index in [1.807, 2.05) is 0 Å². The first-order valence-corrected chi connectivity index (χ1v) is 6.28. The van der Waals surface area contributed by atoms with Crippen LogP contribution in [-0.2, 0) is 29.7 Å². The number of hydrogen-bond acceptors (Lipinski definition) is 5. The van der Waals surface area contributed by atoms with Crippen LogP contribution in [0.25, 0.3) is 0 Å². The standard InChI is InChI=1S/C10H11Cl2N3O5/c1-13-8(18)14(4-2-6(11)16)10(20)15(9(13)19)5-3-7(12)17/h2-5H2,1H3. The predicted octanol–water partition coefficient (Wildman–Crippen LogP) is -0.980. The Bertz CT molecular complexity index is 659. The highest BCUT2D eigenvalue weighted by Gasteiger charge is 2.14. The average molecular weight is 324 g/mol. The third kappa shape index (κ3) is 3.67. The fourth-order valence-electron chi connectivity index (χ4n) is 1.54. The molecule has 0 N–H and O–H groups in total. The van der Waals surface area contributed by atoms with Crippen LogP contribution in [0.15, 0.2) is 14.4 Å². The summed E-state index contributed by atoms with van der Waals surface area (Å²) in [4.78, 5) is 57.0. The van der Waals surface area contributed by atoms with E-state index in [1.54, 1.807) is 0 Å². The number of aromatic nitrogens is 3. The molecule has 8 nitrogen and oxygen atoms in total. The fraction of sp³-hybridized carbons (Fsp3) is 0.500. The van der Waals surface area contributed by atoms with E-state index < -0.39 is 27.6 Å². The van der Waals surface area contributed by atoms with Crippen molar-refractivity contribution in [3.63, 3.8) is 0 Å². The third-order valence-corrected chi connectivity index (χ3v) is 2.94. The van der Waals surface area contributed by atoms with Gasteiger partial charge in [-0.15, -0.1) is 0 Å². The van der Waals surface area contributed by atoms with E-state index in [0.717, 1.165) is 0 Å². The van der Waals surface area contributed by atoms with Gasteiger partial charge in [-0.2, -0.15) is 0 Å². The summed E-state index contributed by atoms with van der Waals surface area (Å²) in [5.41, 5.74) is -2.62. The maximum atomic E-state index is 12.0. The van der Waals surface area contributed by atoms with Crippen LogP contribution in [-0.4, -0.2) is 24.2 Å². The lowest BCUT2D eigenvalue weighted by molar-refractivity contribution is -0.112. The number of carbonyl (C=O) groups is 2. The molecule has 0 unspecified atom stereocenters. The predicted molar refractivity (Wildman–Crippen MR) is 71.2 cm³/mol. The molecule has 0 amide bonds. The van der Waals surface area contributed by atoms with Crippen molar-refractivity contribution in [2.24, 2.45) is 7.05 Å². The molecule has 1 heterocycles. The van der Waals surface area contributed by atoms with Gasteiger partial charge in [0.15, 0.2) is 0 Å². The van der Waals surface area contributed by atoms with E-state index in [-0.39, 0.29) is 25.9 Å². The lowest BCUT2D eigenvalue weighted by atomic mass is 10.4. The number of hydrogen-bond donors (Lipinski definition) is 0. The van der Waals surface area contributed by atoms with E-state index in [1.165, 1.54) is 7.05 Å².